The van der Waals surface area contributed by atoms with Crippen molar-refractivity contribution < 1.29 is 0 Å². The fourth-order valence-electron chi connectivity index (χ4n) is 2.92. The number of pyridine rings is 1. The molecule has 29 heavy (non-hydrogen) atoms. The molecule has 0 spiro atoms. The maximum Gasteiger partial charge on any atom is 0.209 e. The first-order chi connectivity index (χ1) is 13.8. The standard InChI is InChI=1S/C19H14N8S.ClH/c20-17-5-4-13(7-21-17)14-8-22-18-16(9-24-27(18)10-14)12-2-1-3-15(6-12)25-19-26-23-11-28-19;/h1-11H,(H2,20,21)(H,25,26);1H. The van der Waals surface area contributed by atoms with Crippen molar-refractivity contribution in [2.45, 2.75) is 0 Å². The number of anilines is 3. The Morgan fingerprint density at radius 2 is 1.86 bits per heavy atom. The molecule has 144 valence electrons. The maximum atomic E-state index is 5.66. The molecule has 4 aromatic heterocycles. The molecule has 0 aliphatic rings. The predicted molar refractivity (Wildman–Crippen MR) is 117 cm³/mol. The van der Waals surface area contributed by atoms with Gasteiger partial charge in [-0.2, -0.15) is 5.10 Å². The largest absolute Gasteiger partial charge is 0.384 e. The molecule has 10 heteroatoms. The number of rotatable bonds is 4. The number of nitrogens with zero attached hydrogens (tertiary/aromatic N) is 6. The van der Waals surface area contributed by atoms with E-state index in [1.165, 1.54) is 11.3 Å². The van der Waals surface area contributed by atoms with E-state index >= 15 is 0 Å². The number of hydrogen-bond donors (Lipinski definition) is 2. The summed E-state index contributed by atoms with van der Waals surface area (Å²) in [5.41, 5.74) is 12.9. The lowest BCUT2D eigenvalue weighted by Gasteiger charge is -2.05. The molecule has 0 aliphatic carbocycles. The molecule has 0 bridgehead atoms. The van der Waals surface area contributed by atoms with Gasteiger partial charge in [0.1, 0.15) is 11.3 Å². The van der Waals surface area contributed by atoms with Crippen LogP contribution >= 0.6 is 23.7 Å². The van der Waals surface area contributed by atoms with Crippen molar-refractivity contribution in [3.63, 3.8) is 0 Å². The number of hydrogen-bond acceptors (Lipinski definition) is 8. The van der Waals surface area contributed by atoms with Crippen LogP contribution in [-0.2, 0) is 0 Å². The lowest BCUT2D eigenvalue weighted by molar-refractivity contribution is 0.941. The van der Waals surface area contributed by atoms with Crippen LogP contribution in [0.5, 0.6) is 0 Å². The number of aromatic nitrogens is 6. The molecule has 8 nitrogen and oxygen atoms in total. The molecular weight excluding hydrogens is 408 g/mol. The Hall–Kier alpha value is -3.56. The van der Waals surface area contributed by atoms with Crippen LogP contribution in [-0.4, -0.2) is 29.8 Å². The average Bonchev–Trinajstić information content (AvgIpc) is 3.38. The number of nitrogen functional groups attached to an aromatic ring is 1. The number of nitrogens with one attached hydrogen (secondary N) is 1. The summed E-state index contributed by atoms with van der Waals surface area (Å²) in [5.74, 6) is 0.487. The summed E-state index contributed by atoms with van der Waals surface area (Å²) in [6, 6.07) is 11.7. The quantitative estimate of drug-likeness (QED) is 0.449. The number of halogens is 1. The van der Waals surface area contributed by atoms with Crippen molar-refractivity contribution in [2.75, 3.05) is 11.1 Å². The molecule has 0 saturated carbocycles. The molecule has 4 heterocycles. The van der Waals surface area contributed by atoms with E-state index in [2.05, 4.69) is 30.6 Å². The van der Waals surface area contributed by atoms with Crippen LogP contribution in [0.3, 0.4) is 0 Å². The van der Waals surface area contributed by atoms with Crippen LogP contribution in [0.4, 0.5) is 16.6 Å². The zero-order valence-corrected chi connectivity index (χ0v) is 16.6. The van der Waals surface area contributed by atoms with Gasteiger partial charge in [-0.05, 0) is 29.8 Å². The predicted octanol–water partition coefficient (Wildman–Crippen LogP) is 4.06. The number of benzene rings is 1. The van der Waals surface area contributed by atoms with E-state index in [0.29, 0.717) is 5.82 Å². The number of nitrogens with two attached hydrogens (primary N) is 1. The summed E-state index contributed by atoms with van der Waals surface area (Å²) in [5, 5.41) is 16.3. The minimum absolute atomic E-state index is 0. The highest BCUT2D eigenvalue weighted by molar-refractivity contribution is 7.13. The van der Waals surface area contributed by atoms with Crippen molar-refractivity contribution in [2.24, 2.45) is 0 Å². The first-order valence-electron chi connectivity index (χ1n) is 8.45. The van der Waals surface area contributed by atoms with E-state index in [1.54, 1.807) is 22.3 Å². The summed E-state index contributed by atoms with van der Waals surface area (Å²) in [4.78, 5) is 8.76. The molecule has 3 N–H and O–H groups in total. The van der Waals surface area contributed by atoms with E-state index in [9.17, 15) is 0 Å². The smallest absolute Gasteiger partial charge is 0.209 e. The molecule has 0 unspecified atom stereocenters. The second kappa shape index (κ2) is 7.82. The van der Waals surface area contributed by atoms with Gasteiger partial charge in [0.2, 0.25) is 5.13 Å². The minimum Gasteiger partial charge on any atom is -0.384 e. The molecule has 5 rings (SSSR count). The highest BCUT2D eigenvalue weighted by atomic mass is 35.5. The van der Waals surface area contributed by atoms with E-state index in [4.69, 9.17) is 5.73 Å². The molecule has 0 radical (unpaired) electrons. The summed E-state index contributed by atoms with van der Waals surface area (Å²) >= 11 is 1.45. The molecule has 0 saturated heterocycles. The lowest BCUT2D eigenvalue weighted by atomic mass is 10.1. The zero-order valence-electron chi connectivity index (χ0n) is 14.9. The average molecular weight is 423 g/mol. The Bertz CT molecular complexity index is 1250. The van der Waals surface area contributed by atoms with Crippen LogP contribution < -0.4 is 11.1 Å². The third-order valence-corrected chi connectivity index (χ3v) is 4.87. The summed E-state index contributed by atoms with van der Waals surface area (Å²) in [6.07, 6.45) is 7.29. The van der Waals surface area contributed by atoms with Crippen LogP contribution in [0.2, 0.25) is 0 Å². The normalized spacial score (nSPS) is 10.6. The molecular formula is C19H15ClN8S. The van der Waals surface area contributed by atoms with Crippen LogP contribution in [0.1, 0.15) is 0 Å². The second-order valence-corrected chi connectivity index (χ2v) is 6.92. The second-order valence-electron chi connectivity index (χ2n) is 6.09. The van der Waals surface area contributed by atoms with E-state index in [-0.39, 0.29) is 12.4 Å². The monoisotopic (exact) mass is 422 g/mol. The molecule has 0 fully saturated rings. The van der Waals surface area contributed by atoms with Gasteiger partial charge in [0.05, 0.1) is 6.20 Å². The van der Waals surface area contributed by atoms with Crippen molar-refractivity contribution in [1.29, 1.82) is 0 Å². The first-order valence-corrected chi connectivity index (χ1v) is 9.33. The molecule has 0 atom stereocenters. The molecule has 0 amide bonds. The minimum atomic E-state index is 0. The highest BCUT2D eigenvalue weighted by Crippen LogP contribution is 2.28. The Labute approximate surface area is 175 Å². The fourth-order valence-corrected chi connectivity index (χ4v) is 3.38. The van der Waals surface area contributed by atoms with Gasteiger partial charge < -0.3 is 11.1 Å². The zero-order chi connectivity index (χ0) is 18.9. The number of fused-ring (bicyclic) bond motifs is 1. The molecule has 5 aromatic rings. The van der Waals surface area contributed by atoms with Gasteiger partial charge >= 0.3 is 0 Å². The van der Waals surface area contributed by atoms with Crippen molar-refractivity contribution in [3.05, 3.63) is 66.7 Å². The van der Waals surface area contributed by atoms with Crippen molar-refractivity contribution in [1.82, 2.24) is 29.8 Å². The molecule has 0 aliphatic heterocycles. The SMILES string of the molecule is Cl.Nc1ccc(-c2cnc3c(-c4cccc(Nc5nncs5)c4)cnn3c2)cn1. The Morgan fingerprint density at radius 3 is 2.66 bits per heavy atom. The summed E-state index contributed by atoms with van der Waals surface area (Å²) in [7, 11) is 0. The Morgan fingerprint density at radius 1 is 0.966 bits per heavy atom. The summed E-state index contributed by atoms with van der Waals surface area (Å²) in [6.45, 7) is 0. The fraction of sp³-hybridized carbons (Fsp3) is 0. The van der Waals surface area contributed by atoms with Crippen LogP contribution in [0.25, 0.3) is 27.9 Å². The van der Waals surface area contributed by atoms with Gasteiger partial charge in [-0.3, -0.25) is 0 Å². The maximum absolute atomic E-state index is 5.66. The van der Waals surface area contributed by atoms with Crippen molar-refractivity contribution in [3.8, 4) is 22.3 Å². The van der Waals surface area contributed by atoms with Gasteiger partial charge in [0.15, 0.2) is 5.65 Å². The van der Waals surface area contributed by atoms with Crippen LogP contribution in [0, 0.1) is 0 Å². The third kappa shape index (κ3) is 3.73. The van der Waals surface area contributed by atoms with Crippen molar-refractivity contribution >= 4 is 46.0 Å². The van der Waals surface area contributed by atoms with Gasteiger partial charge in [-0.15, -0.1) is 22.6 Å². The van der Waals surface area contributed by atoms with Gasteiger partial charge in [0.25, 0.3) is 0 Å². The Balaban J connectivity index is 0.00000205. The van der Waals surface area contributed by atoms with E-state index in [0.717, 1.165) is 38.7 Å². The highest BCUT2D eigenvalue weighted by Gasteiger charge is 2.10. The van der Waals surface area contributed by atoms with E-state index in [1.807, 2.05) is 48.9 Å². The van der Waals surface area contributed by atoms with Crippen LogP contribution in [0.15, 0.2) is 66.7 Å². The first kappa shape index (κ1) is 18.8. The summed E-state index contributed by atoms with van der Waals surface area (Å²) < 4.78 is 1.77. The Kier molecular flexibility index (Phi) is 5.07. The lowest BCUT2D eigenvalue weighted by Crippen LogP contribution is -1.94. The van der Waals surface area contributed by atoms with Gasteiger partial charge in [-0.1, -0.05) is 23.5 Å². The van der Waals surface area contributed by atoms with E-state index < -0.39 is 0 Å². The van der Waals surface area contributed by atoms with Gasteiger partial charge in [0, 0.05) is 41.0 Å². The third-order valence-electron chi connectivity index (χ3n) is 4.26. The van der Waals surface area contributed by atoms with Gasteiger partial charge in [-0.25, -0.2) is 14.5 Å². The molecule has 1 aromatic carbocycles. The topological polar surface area (TPSA) is 107 Å².